The number of nitrogens with one attached hydrogen (secondary N) is 1. The second kappa shape index (κ2) is 5.12. The lowest BCUT2D eigenvalue weighted by Gasteiger charge is -2.41. The van der Waals surface area contributed by atoms with Crippen molar-refractivity contribution in [1.29, 1.82) is 0 Å². The van der Waals surface area contributed by atoms with Crippen LogP contribution in [0.2, 0.25) is 0 Å². The highest BCUT2D eigenvalue weighted by molar-refractivity contribution is 5.70. The maximum absolute atomic E-state index is 11.0. The van der Waals surface area contributed by atoms with Gasteiger partial charge in [-0.1, -0.05) is 0 Å². The molecular weight excluding hydrogens is 206 g/mol. The molecule has 0 radical (unpaired) electrons. The first-order chi connectivity index (χ1) is 7.66. The van der Waals surface area contributed by atoms with Crippen LogP contribution in [0.3, 0.4) is 0 Å². The largest absolute Gasteiger partial charge is 0.481 e. The van der Waals surface area contributed by atoms with E-state index >= 15 is 0 Å². The fraction of sp³-hybridized carbons (Fsp3) is 0.909. The summed E-state index contributed by atoms with van der Waals surface area (Å²) in [4.78, 5) is 15.7. The smallest absolute Gasteiger partial charge is 0.307 e. The standard InChI is InChI=1S/C11H21N3O2/c1-13-2-4-14(5-3-13)10-6-9(11(15)16)7-12-8-10/h9-10,12H,2-8H2,1H3,(H,15,16). The van der Waals surface area contributed by atoms with Crippen LogP contribution in [-0.4, -0.2) is 73.2 Å². The summed E-state index contributed by atoms with van der Waals surface area (Å²) in [6, 6.07) is 0.406. The Hall–Kier alpha value is -0.650. The quantitative estimate of drug-likeness (QED) is 0.653. The number of rotatable bonds is 2. The first kappa shape index (κ1) is 11.8. The molecule has 2 aliphatic heterocycles. The maximum Gasteiger partial charge on any atom is 0.307 e. The number of carboxylic acids is 1. The zero-order valence-corrected chi connectivity index (χ0v) is 9.85. The summed E-state index contributed by atoms with van der Waals surface area (Å²) in [6.07, 6.45) is 0.798. The Morgan fingerprint density at radius 1 is 1.25 bits per heavy atom. The van der Waals surface area contributed by atoms with E-state index in [-0.39, 0.29) is 5.92 Å². The molecular formula is C11H21N3O2. The summed E-state index contributed by atoms with van der Waals surface area (Å²) in [5.41, 5.74) is 0. The van der Waals surface area contributed by atoms with Gasteiger partial charge in [-0.25, -0.2) is 0 Å². The predicted molar refractivity (Wildman–Crippen MR) is 61.5 cm³/mol. The van der Waals surface area contributed by atoms with Crippen LogP contribution < -0.4 is 5.32 Å². The van der Waals surface area contributed by atoms with Crippen molar-refractivity contribution >= 4 is 5.97 Å². The van der Waals surface area contributed by atoms with E-state index < -0.39 is 5.97 Å². The van der Waals surface area contributed by atoms with Crippen LogP contribution >= 0.6 is 0 Å². The SMILES string of the molecule is CN1CCN(C2CNCC(C(=O)O)C2)CC1. The number of hydrogen-bond acceptors (Lipinski definition) is 4. The minimum atomic E-state index is -0.661. The number of carbonyl (C=O) groups is 1. The summed E-state index contributed by atoms with van der Waals surface area (Å²) in [6.45, 7) is 5.87. The summed E-state index contributed by atoms with van der Waals surface area (Å²) in [7, 11) is 2.14. The minimum absolute atomic E-state index is 0.210. The topological polar surface area (TPSA) is 55.8 Å². The van der Waals surface area contributed by atoms with Gasteiger partial charge in [0.05, 0.1) is 5.92 Å². The third kappa shape index (κ3) is 2.72. The molecule has 2 saturated heterocycles. The van der Waals surface area contributed by atoms with Crippen LogP contribution in [0.25, 0.3) is 0 Å². The van der Waals surface area contributed by atoms with Crippen molar-refractivity contribution in [3.05, 3.63) is 0 Å². The third-order valence-electron chi connectivity index (χ3n) is 3.73. The van der Waals surface area contributed by atoms with Crippen LogP contribution in [0, 0.1) is 5.92 Å². The first-order valence-corrected chi connectivity index (χ1v) is 6.03. The Balaban J connectivity index is 1.87. The average molecular weight is 227 g/mol. The Morgan fingerprint density at radius 2 is 1.94 bits per heavy atom. The molecule has 0 aliphatic carbocycles. The van der Waals surface area contributed by atoms with Gasteiger partial charge in [-0.05, 0) is 13.5 Å². The second-order valence-corrected chi connectivity index (χ2v) is 4.92. The van der Waals surface area contributed by atoms with E-state index in [9.17, 15) is 4.79 Å². The van der Waals surface area contributed by atoms with Crippen molar-refractivity contribution in [3.63, 3.8) is 0 Å². The monoisotopic (exact) mass is 227 g/mol. The highest BCUT2D eigenvalue weighted by Gasteiger charge is 2.31. The lowest BCUT2D eigenvalue weighted by atomic mass is 9.94. The van der Waals surface area contributed by atoms with Crippen molar-refractivity contribution in [1.82, 2.24) is 15.1 Å². The van der Waals surface area contributed by atoms with E-state index in [1.54, 1.807) is 0 Å². The van der Waals surface area contributed by atoms with Crippen LogP contribution in [0.4, 0.5) is 0 Å². The Bertz CT molecular complexity index is 252. The maximum atomic E-state index is 11.0. The molecule has 2 rings (SSSR count). The Labute approximate surface area is 96.4 Å². The first-order valence-electron chi connectivity index (χ1n) is 6.03. The molecule has 5 heteroatoms. The normalized spacial score (nSPS) is 33.8. The zero-order valence-electron chi connectivity index (χ0n) is 9.85. The molecule has 0 spiro atoms. The molecule has 2 atom stereocenters. The van der Waals surface area contributed by atoms with Crippen LogP contribution in [-0.2, 0) is 4.79 Å². The van der Waals surface area contributed by atoms with Crippen molar-refractivity contribution in [3.8, 4) is 0 Å². The molecule has 92 valence electrons. The fourth-order valence-electron chi connectivity index (χ4n) is 2.57. The number of nitrogens with zero attached hydrogens (tertiary/aromatic N) is 2. The van der Waals surface area contributed by atoms with Crippen molar-refractivity contribution in [2.75, 3.05) is 46.3 Å². The van der Waals surface area contributed by atoms with Crippen LogP contribution in [0.1, 0.15) is 6.42 Å². The van der Waals surface area contributed by atoms with Gasteiger partial charge in [0, 0.05) is 45.3 Å². The van der Waals surface area contributed by atoms with E-state index in [1.165, 1.54) is 0 Å². The molecule has 5 nitrogen and oxygen atoms in total. The van der Waals surface area contributed by atoms with Crippen molar-refractivity contribution < 1.29 is 9.90 Å². The molecule has 16 heavy (non-hydrogen) atoms. The molecule has 0 aromatic carbocycles. The van der Waals surface area contributed by atoms with Crippen molar-refractivity contribution in [2.45, 2.75) is 12.5 Å². The number of aliphatic carboxylic acids is 1. The number of piperidine rings is 1. The van der Waals surface area contributed by atoms with Crippen LogP contribution in [0.5, 0.6) is 0 Å². The predicted octanol–water partition coefficient (Wildman–Crippen LogP) is -0.703. The van der Waals surface area contributed by atoms with Gasteiger partial charge in [0.2, 0.25) is 0 Å². The highest BCUT2D eigenvalue weighted by atomic mass is 16.4. The molecule has 2 fully saturated rings. The number of likely N-dealkylation sites (N-methyl/N-ethyl adjacent to an activating group) is 1. The molecule has 0 bridgehead atoms. The van der Waals surface area contributed by atoms with Gasteiger partial charge < -0.3 is 15.3 Å². The van der Waals surface area contributed by atoms with E-state index in [1.807, 2.05) is 0 Å². The molecule has 0 saturated carbocycles. The van der Waals surface area contributed by atoms with Gasteiger partial charge in [-0.2, -0.15) is 0 Å². The Morgan fingerprint density at radius 3 is 2.56 bits per heavy atom. The molecule has 0 aromatic heterocycles. The highest BCUT2D eigenvalue weighted by Crippen LogP contribution is 2.17. The lowest BCUT2D eigenvalue weighted by Crippen LogP contribution is -2.55. The van der Waals surface area contributed by atoms with Gasteiger partial charge in [-0.15, -0.1) is 0 Å². The molecule has 2 N–H and O–H groups in total. The van der Waals surface area contributed by atoms with Crippen LogP contribution in [0.15, 0.2) is 0 Å². The third-order valence-corrected chi connectivity index (χ3v) is 3.73. The molecule has 0 aromatic rings. The molecule has 2 aliphatic rings. The molecule has 2 unspecified atom stereocenters. The van der Waals surface area contributed by atoms with Gasteiger partial charge >= 0.3 is 5.97 Å². The van der Waals surface area contributed by atoms with Gasteiger partial charge in [-0.3, -0.25) is 9.69 Å². The van der Waals surface area contributed by atoms with Gasteiger partial charge in [0.25, 0.3) is 0 Å². The van der Waals surface area contributed by atoms with E-state index in [4.69, 9.17) is 5.11 Å². The number of hydrogen-bond donors (Lipinski definition) is 2. The van der Waals surface area contributed by atoms with E-state index in [0.29, 0.717) is 12.6 Å². The Kier molecular flexibility index (Phi) is 3.78. The summed E-state index contributed by atoms with van der Waals surface area (Å²) >= 11 is 0. The van der Waals surface area contributed by atoms with E-state index in [0.717, 1.165) is 39.1 Å². The molecule has 0 amide bonds. The zero-order chi connectivity index (χ0) is 11.5. The fourth-order valence-corrected chi connectivity index (χ4v) is 2.57. The van der Waals surface area contributed by atoms with Gasteiger partial charge in [0.1, 0.15) is 0 Å². The minimum Gasteiger partial charge on any atom is -0.481 e. The number of carboxylic acid groups (broad SMARTS) is 1. The van der Waals surface area contributed by atoms with Crippen molar-refractivity contribution in [2.24, 2.45) is 5.92 Å². The lowest BCUT2D eigenvalue weighted by molar-refractivity contribution is -0.143. The average Bonchev–Trinajstić information content (AvgIpc) is 2.30. The van der Waals surface area contributed by atoms with Gasteiger partial charge in [0.15, 0.2) is 0 Å². The second-order valence-electron chi connectivity index (χ2n) is 4.92. The number of piperazine rings is 1. The summed E-state index contributed by atoms with van der Waals surface area (Å²) in [5.74, 6) is -0.871. The van der Waals surface area contributed by atoms with E-state index in [2.05, 4.69) is 22.2 Å². The molecule has 2 heterocycles. The summed E-state index contributed by atoms with van der Waals surface area (Å²) in [5, 5.41) is 12.3. The summed E-state index contributed by atoms with van der Waals surface area (Å²) < 4.78 is 0.